The summed E-state index contributed by atoms with van der Waals surface area (Å²) in [5.74, 6) is 5.33. The molecule has 0 bridgehead atoms. The summed E-state index contributed by atoms with van der Waals surface area (Å²) in [5.41, 5.74) is 2.11. The van der Waals surface area contributed by atoms with E-state index in [-0.39, 0.29) is 17.6 Å². The fourth-order valence-electron chi connectivity index (χ4n) is 3.05. The second kappa shape index (κ2) is 8.73. The zero-order valence-electron chi connectivity index (χ0n) is 16.0. The average Bonchev–Trinajstić information content (AvgIpc) is 2.72. The molecule has 28 heavy (non-hydrogen) atoms. The van der Waals surface area contributed by atoms with Crippen molar-refractivity contribution in [1.82, 2.24) is 4.90 Å². The number of benzene rings is 2. The van der Waals surface area contributed by atoms with Crippen molar-refractivity contribution in [2.45, 2.75) is 20.0 Å². The third-order valence-corrected chi connectivity index (χ3v) is 4.69. The number of amides is 1. The number of hydrogen-bond acceptors (Lipinski definition) is 3. The van der Waals surface area contributed by atoms with Gasteiger partial charge in [0.15, 0.2) is 0 Å². The number of carboxylic acid groups (broad SMARTS) is 1. The van der Waals surface area contributed by atoms with Gasteiger partial charge < -0.3 is 14.7 Å². The van der Waals surface area contributed by atoms with Gasteiger partial charge in [0.25, 0.3) is 5.91 Å². The summed E-state index contributed by atoms with van der Waals surface area (Å²) in [6.45, 7) is 5.91. The topological polar surface area (TPSA) is 66.8 Å². The first kappa shape index (κ1) is 19.7. The third kappa shape index (κ3) is 4.79. The minimum atomic E-state index is -0.985. The maximum absolute atomic E-state index is 12.9. The van der Waals surface area contributed by atoms with Crippen LogP contribution in [-0.4, -0.2) is 47.7 Å². The molecule has 2 aromatic carbocycles. The van der Waals surface area contributed by atoms with E-state index in [2.05, 4.69) is 25.7 Å². The highest BCUT2D eigenvalue weighted by Gasteiger charge is 2.26. The fourth-order valence-corrected chi connectivity index (χ4v) is 3.05. The lowest BCUT2D eigenvalue weighted by Crippen LogP contribution is -2.47. The molecule has 0 radical (unpaired) electrons. The van der Waals surface area contributed by atoms with Crippen molar-refractivity contribution in [3.8, 4) is 11.8 Å². The van der Waals surface area contributed by atoms with E-state index in [9.17, 15) is 9.59 Å². The van der Waals surface area contributed by atoms with Crippen LogP contribution in [0.4, 0.5) is 0 Å². The first-order valence-electron chi connectivity index (χ1n) is 9.30. The summed E-state index contributed by atoms with van der Waals surface area (Å²) in [5, 5.41) is 9.07. The first-order valence-corrected chi connectivity index (χ1v) is 9.30. The normalized spacial score (nSPS) is 16.4. The third-order valence-electron chi connectivity index (χ3n) is 4.69. The molecule has 1 atom stereocenters. The van der Waals surface area contributed by atoms with Crippen LogP contribution in [-0.2, 0) is 4.74 Å². The Morgan fingerprint density at radius 1 is 1.07 bits per heavy atom. The maximum atomic E-state index is 12.9. The van der Waals surface area contributed by atoms with E-state index in [4.69, 9.17) is 9.84 Å². The van der Waals surface area contributed by atoms with Crippen LogP contribution >= 0.6 is 0 Å². The largest absolute Gasteiger partial charge is 0.478 e. The van der Waals surface area contributed by atoms with Gasteiger partial charge in [-0.15, -0.1) is 0 Å². The van der Waals surface area contributed by atoms with E-state index in [1.807, 2.05) is 17.0 Å². The maximum Gasteiger partial charge on any atom is 0.335 e. The fraction of sp³-hybridized carbons (Fsp3) is 0.304. The zero-order chi connectivity index (χ0) is 20.1. The zero-order valence-corrected chi connectivity index (χ0v) is 16.0. The summed E-state index contributed by atoms with van der Waals surface area (Å²) >= 11 is 0. The molecule has 5 nitrogen and oxygen atoms in total. The van der Waals surface area contributed by atoms with Gasteiger partial charge >= 0.3 is 5.97 Å². The summed E-state index contributed by atoms with van der Waals surface area (Å²) in [6.07, 6.45) is 0.0576. The molecular formula is C23H23NO4. The molecule has 1 saturated heterocycles. The van der Waals surface area contributed by atoms with Gasteiger partial charge in [0.1, 0.15) is 0 Å². The molecule has 1 heterocycles. The highest BCUT2D eigenvalue weighted by atomic mass is 16.5. The molecule has 1 unspecified atom stereocenters. The number of aromatic carboxylic acids is 1. The number of nitrogens with zero attached hydrogens (tertiary/aromatic N) is 1. The highest BCUT2D eigenvalue weighted by molar-refractivity contribution is 5.94. The van der Waals surface area contributed by atoms with Crippen molar-refractivity contribution >= 4 is 11.9 Å². The van der Waals surface area contributed by atoms with Crippen molar-refractivity contribution in [1.29, 1.82) is 0 Å². The van der Waals surface area contributed by atoms with E-state index >= 15 is 0 Å². The van der Waals surface area contributed by atoms with Gasteiger partial charge in [0.2, 0.25) is 0 Å². The molecule has 0 saturated carbocycles. The van der Waals surface area contributed by atoms with Gasteiger partial charge in [-0.3, -0.25) is 4.79 Å². The van der Waals surface area contributed by atoms with Gasteiger partial charge in [-0.2, -0.15) is 0 Å². The van der Waals surface area contributed by atoms with E-state index in [0.29, 0.717) is 42.3 Å². The second-order valence-electron chi connectivity index (χ2n) is 7.12. The minimum absolute atomic E-state index is 0.0227. The molecule has 1 aliphatic heterocycles. The molecule has 1 aliphatic rings. The summed E-state index contributed by atoms with van der Waals surface area (Å²) < 4.78 is 5.74. The van der Waals surface area contributed by atoms with Crippen molar-refractivity contribution in [3.63, 3.8) is 0 Å². The van der Waals surface area contributed by atoms with Crippen LogP contribution < -0.4 is 0 Å². The van der Waals surface area contributed by atoms with Crippen LogP contribution in [0.5, 0.6) is 0 Å². The number of rotatable bonds is 3. The predicted molar refractivity (Wildman–Crippen MR) is 106 cm³/mol. The van der Waals surface area contributed by atoms with E-state index in [1.54, 1.807) is 24.3 Å². The lowest BCUT2D eigenvalue weighted by atomic mass is 10.0. The Bertz CT molecular complexity index is 939. The molecule has 1 fully saturated rings. The molecule has 1 N–H and O–H groups in total. The van der Waals surface area contributed by atoms with Crippen LogP contribution in [0.2, 0.25) is 0 Å². The summed E-state index contributed by atoms with van der Waals surface area (Å²) in [7, 11) is 0. The van der Waals surface area contributed by atoms with Crippen molar-refractivity contribution in [3.05, 3.63) is 70.8 Å². The molecule has 144 valence electrons. The predicted octanol–water partition coefficient (Wildman–Crippen LogP) is 3.28. The smallest absolute Gasteiger partial charge is 0.335 e. The van der Waals surface area contributed by atoms with Crippen molar-refractivity contribution in [2.75, 3.05) is 19.7 Å². The number of ether oxygens (including phenoxy) is 1. The lowest BCUT2D eigenvalue weighted by Gasteiger charge is -2.35. The molecule has 1 amide bonds. The molecule has 0 spiro atoms. The van der Waals surface area contributed by atoms with Crippen LogP contribution in [0, 0.1) is 17.8 Å². The van der Waals surface area contributed by atoms with Gasteiger partial charge in [0.05, 0.1) is 18.3 Å². The molecule has 2 aromatic rings. The second-order valence-corrected chi connectivity index (χ2v) is 7.12. The number of carboxylic acids is 1. The van der Waals surface area contributed by atoms with Crippen molar-refractivity contribution in [2.24, 2.45) is 5.92 Å². The lowest BCUT2D eigenvalue weighted by molar-refractivity contribution is -0.0420. The molecule has 0 aromatic heterocycles. The molecular weight excluding hydrogens is 354 g/mol. The SMILES string of the molecule is CC(C)C1CN(C(=O)c2cccc(C#Cc3cccc(C(=O)O)c3)c2)CCO1. The van der Waals surface area contributed by atoms with E-state index < -0.39 is 5.97 Å². The van der Waals surface area contributed by atoms with Crippen LogP contribution in [0.15, 0.2) is 48.5 Å². The van der Waals surface area contributed by atoms with Gasteiger partial charge in [0, 0.05) is 29.8 Å². The minimum Gasteiger partial charge on any atom is -0.478 e. The Morgan fingerprint density at radius 3 is 2.29 bits per heavy atom. The van der Waals surface area contributed by atoms with Crippen LogP contribution in [0.1, 0.15) is 45.7 Å². The van der Waals surface area contributed by atoms with Crippen molar-refractivity contribution < 1.29 is 19.4 Å². The standard InChI is InChI=1S/C23H23NO4/c1-16(2)21-15-24(11-12-28-21)22(25)19-7-3-5-17(13-19)9-10-18-6-4-8-20(14-18)23(26)27/h3-8,13-14,16,21H,11-12,15H2,1-2H3,(H,26,27). The molecule has 3 rings (SSSR count). The van der Waals surface area contributed by atoms with E-state index in [0.717, 1.165) is 0 Å². The Morgan fingerprint density at radius 2 is 1.68 bits per heavy atom. The number of carbonyl (C=O) groups excluding carboxylic acids is 1. The number of morpholine rings is 1. The highest BCUT2D eigenvalue weighted by Crippen LogP contribution is 2.16. The number of hydrogen-bond donors (Lipinski definition) is 1. The van der Waals surface area contributed by atoms with Gasteiger partial charge in [-0.25, -0.2) is 4.79 Å². The Kier molecular flexibility index (Phi) is 6.13. The Hall–Kier alpha value is -3.10. The van der Waals surface area contributed by atoms with Gasteiger partial charge in [-0.1, -0.05) is 37.8 Å². The number of carbonyl (C=O) groups is 2. The first-order chi connectivity index (χ1) is 13.4. The molecule has 0 aliphatic carbocycles. The summed E-state index contributed by atoms with van der Waals surface area (Å²) in [6, 6.07) is 13.7. The average molecular weight is 377 g/mol. The molecule has 5 heteroatoms. The Balaban J connectivity index is 1.77. The Labute approximate surface area is 164 Å². The van der Waals surface area contributed by atoms with E-state index in [1.165, 1.54) is 12.1 Å². The van der Waals surface area contributed by atoms with Crippen LogP contribution in [0.25, 0.3) is 0 Å². The quantitative estimate of drug-likeness (QED) is 0.834. The van der Waals surface area contributed by atoms with Crippen LogP contribution in [0.3, 0.4) is 0 Å². The monoisotopic (exact) mass is 377 g/mol. The summed E-state index contributed by atoms with van der Waals surface area (Å²) in [4.78, 5) is 25.8. The van der Waals surface area contributed by atoms with Gasteiger partial charge in [-0.05, 0) is 42.3 Å².